The average Bonchev–Trinajstić information content (AvgIpc) is 3.02. The number of fused-ring (bicyclic) bond motifs is 3. The minimum absolute atomic E-state index is 0.400. The summed E-state index contributed by atoms with van der Waals surface area (Å²) in [7, 11) is 1.62. The van der Waals surface area contributed by atoms with Crippen LogP contribution in [-0.2, 0) is 4.79 Å². The Labute approximate surface area is 173 Å². The first-order chi connectivity index (χ1) is 13.6. The van der Waals surface area contributed by atoms with E-state index in [1.807, 2.05) is 56.4 Å². The fraction of sp³-hybridized carbons (Fsp3) is 0.400. The fourth-order valence-electron chi connectivity index (χ4n) is 2.90. The monoisotopic (exact) mass is 415 g/mol. The minimum atomic E-state index is -0.546. The second-order valence-electron chi connectivity index (χ2n) is 7.84. The van der Waals surface area contributed by atoms with E-state index < -0.39 is 22.7 Å². The molecule has 3 amide bonds. The molecule has 2 heterocycles. The molecule has 1 aromatic carbocycles. The second-order valence-corrected chi connectivity index (χ2v) is 9.15. The molecule has 2 N–H and O–H groups in total. The number of carbonyl (C=O) groups excluding carboxylic acids is 2. The Kier molecular flexibility index (Phi) is 5.70. The molecule has 3 aromatic rings. The summed E-state index contributed by atoms with van der Waals surface area (Å²) in [4.78, 5) is 24.4. The predicted octanol–water partition coefficient (Wildman–Crippen LogP) is 3.30. The number of aryl methyl sites for hydroxylation is 1. The Morgan fingerprint density at radius 1 is 1.21 bits per heavy atom. The number of imide groups is 1. The molecule has 1 unspecified atom stereocenters. The number of urea groups is 1. The molecule has 0 fully saturated rings. The van der Waals surface area contributed by atoms with Crippen LogP contribution in [0.5, 0.6) is 5.75 Å². The second kappa shape index (κ2) is 7.90. The largest absolute Gasteiger partial charge is 0.497 e. The molecule has 2 aromatic heterocycles. The van der Waals surface area contributed by atoms with E-state index in [2.05, 4.69) is 20.8 Å². The number of benzene rings is 1. The molecular formula is C20H25N5O3S. The summed E-state index contributed by atoms with van der Waals surface area (Å²) in [5.41, 5.74) is 2.22. The van der Waals surface area contributed by atoms with Gasteiger partial charge >= 0.3 is 6.03 Å². The van der Waals surface area contributed by atoms with E-state index in [1.165, 1.54) is 11.8 Å². The van der Waals surface area contributed by atoms with Gasteiger partial charge in [0.25, 0.3) is 0 Å². The number of amides is 3. The number of ether oxygens (including phenoxy) is 1. The highest BCUT2D eigenvalue weighted by molar-refractivity contribution is 8.00. The number of pyridine rings is 1. The molecule has 0 aliphatic heterocycles. The average molecular weight is 416 g/mol. The Bertz CT molecular complexity index is 1090. The zero-order chi connectivity index (χ0) is 21.3. The number of hydrogen-bond acceptors (Lipinski definition) is 6. The van der Waals surface area contributed by atoms with E-state index in [0.717, 1.165) is 22.2 Å². The Balaban J connectivity index is 1.89. The number of methoxy groups -OCH3 is 1. The first-order valence-electron chi connectivity index (χ1n) is 9.21. The van der Waals surface area contributed by atoms with Crippen LogP contribution in [0.15, 0.2) is 29.4 Å². The van der Waals surface area contributed by atoms with E-state index in [1.54, 1.807) is 14.0 Å². The zero-order valence-electron chi connectivity index (χ0n) is 17.4. The molecule has 1 atom stereocenters. The summed E-state index contributed by atoms with van der Waals surface area (Å²) in [5, 5.41) is 14.7. The van der Waals surface area contributed by atoms with Gasteiger partial charge in [0.1, 0.15) is 5.75 Å². The molecule has 0 bridgehead atoms. The summed E-state index contributed by atoms with van der Waals surface area (Å²) in [5.74, 6) is 0.321. The van der Waals surface area contributed by atoms with Gasteiger partial charge in [0.2, 0.25) is 5.91 Å². The normalized spacial score (nSPS) is 12.8. The summed E-state index contributed by atoms with van der Waals surface area (Å²) in [6.45, 7) is 9.28. The van der Waals surface area contributed by atoms with Gasteiger partial charge < -0.3 is 10.1 Å². The van der Waals surface area contributed by atoms with Gasteiger partial charge in [-0.15, -0.1) is 10.2 Å². The highest BCUT2D eigenvalue weighted by Gasteiger charge is 2.22. The van der Waals surface area contributed by atoms with E-state index in [-0.39, 0.29) is 0 Å². The van der Waals surface area contributed by atoms with Crippen LogP contribution in [0, 0.1) is 6.92 Å². The van der Waals surface area contributed by atoms with Crippen LogP contribution in [0.25, 0.3) is 16.6 Å². The van der Waals surface area contributed by atoms with Crippen LogP contribution in [0.3, 0.4) is 0 Å². The van der Waals surface area contributed by atoms with Crippen LogP contribution in [-0.4, -0.2) is 44.4 Å². The third kappa shape index (κ3) is 4.61. The standard InChI is InChI=1S/C20H25N5O3S/c1-11-9-16-23-24-19(25(16)15-10-13(28-6)7-8-14(11)15)29-12(2)17(26)21-18(27)22-20(3,4)5/h7-10,12H,1-6H3,(H2,21,22,26,27). The van der Waals surface area contributed by atoms with Crippen molar-refractivity contribution in [2.75, 3.05) is 7.11 Å². The van der Waals surface area contributed by atoms with Crippen molar-refractivity contribution in [1.82, 2.24) is 25.2 Å². The van der Waals surface area contributed by atoms with E-state index in [9.17, 15) is 9.59 Å². The van der Waals surface area contributed by atoms with E-state index in [4.69, 9.17) is 4.74 Å². The molecule has 0 aliphatic carbocycles. The lowest BCUT2D eigenvalue weighted by molar-refractivity contribution is -0.119. The first kappa shape index (κ1) is 20.9. The molecule has 3 rings (SSSR count). The summed E-state index contributed by atoms with van der Waals surface area (Å²) >= 11 is 1.24. The molecule has 0 saturated carbocycles. The minimum Gasteiger partial charge on any atom is -0.497 e. The maximum absolute atomic E-state index is 12.4. The SMILES string of the molecule is COc1ccc2c(C)cc3nnc(SC(C)C(=O)NC(=O)NC(C)(C)C)n3c2c1. The molecule has 154 valence electrons. The third-order valence-corrected chi connectivity index (χ3v) is 5.29. The number of aromatic nitrogens is 3. The smallest absolute Gasteiger partial charge is 0.321 e. The highest BCUT2D eigenvalue weighted by atomic mass is 32.2. The van der Waals surface area contributed by atoms with Gasteiger partial charge in [0.05, 0.1) is 17.9 Å². The van der Waals surface area contributed by atoms with Gasteiger partial charge in [0.15, 0.2) is 10.8 Å². The summed E-state index contributed by atoms with van der Waals surface area (Å²) in [6.07, 6.45) is 0. The van der Waals surface area contributed by atoms with Crippen molar-refractivity contribution >= 4 is 40.3 Å². The quantitative estimate of drug-likeness (QED) is 0.635. The maximum atomic E-state index is 12.4. The predicted molar refractivity (Wildman–Crippen MR) is 114 cm³/mol. The lowest BCUT2D eigenvalue weighted by Crippen LogP contribution is -2.49. The molecule has 9 heteroatoms. The Morgan fingerprint density at radius 3 is 2.59 bits per heavy atom. The van der Waals surface area contributed by atoms with Gasteiger partial charge in [-0.2, -0.15) is 0 Å². The van der Waals surface area contributed by atoms with Crippen molar-refractivity contribution in [3.8, 4) is 5.75 Å². The van der Waals surface area contributed by atoms with Gasteiger partial charge in [0, 0.05) is 17.0 Å². The maximum Gasteiger partial charge on any atom is 0.321 e. The third-order valence-electron chi connectivity index (χ3n) is 4.25. The zero-order valence-corrected chi connectivity index (χ0v) is 18.2. The Hall–Kier alpha value is -2.81. The number of carbonyl (C=O) groups is 2. The van der Waals surface area contributed by atoms with Crippen LogP contribution >= 0.6 is 11.8 Å². The van der Waals surface area contributed by atoms with Crippen molar-refractivity contribution in [2.24, 2.45) is 0 Å². The van der Waals surface area contributed by atoms with Crippen molar-refractivity contribution in [2.45, 2.75) is 50.6 Å². The van der Waals surface area contributed by atoms with Gasteiger partial charge in [-0.3, -0.25) is 14.5 Å². The van der Waals surface area contributed by atoms with Crippen LogP contribution in [0.4, 0.5) is 4.79 Å². The number of hydrogen-bond donors (Lipinski definition) is 2. The van der Waals surface area contributed by atoms with Crippen molar-refractivity contribution in [1.29, 1.82) is 0 Å². The molecule has 0 aliphatic rings. The number of nitrogens with one attached hydrogen (secondary N) is 2. The van der Waals surface area contributed by atoms with Crippen LogP contribution in [0.2, 0.25) is 0 Å². The number of rotatable bonds is 4. The van der Waals surface area contributed by atoms with Crippen LogP contribution in [0.1, 0.15) is 33.3 Å². The van der Waals surface area contributed by atoms with Gasteiger partial charge in [-0.25, -0.2) is 4.79 Å². The molecule has 0 radical (unpaired) electrons. The topological polar surface area (TPSA) is 97.6 Å². The lowest BCUT2D eigenvalue weighted by Gasteiger charge is -2.21. The molecular weight excluding hydrogens is 390 g/mol. The van der Waals surface area contributed by atoms with E-state index in [0.29, 0.717) is 10.8 Å². The molecule has 8 nitrogen and oxygen atoms in total. The highest BCUT2D eigenvalue weighted by Crippen LogP contribution is 2.30. The van der Waals surface area contributed by atoms with Crippen molar-refractivity contribution < 1.29 is 14.3 Å². The summed E-state index contributed by atoms with van der Waals surface area (Å²) in [6, 6.07) is 7.25. The van der Waals surface area contributed by atoms with E-state index >= 15 is 0 Å². The van der Waals surface area contributed by atoms with Gasteiger partial charge in [-0.05, 0) is 58.4 Å². The molecule has 0 spiro atoms. The Morgan fingerprint density at radius 2 is 1.93 bits per heavy atom. The lowest BCUT2D eigenvalue weighted by atomic mass is 10.1. The van der Waals surface area contributed by atoms with Crippen molar-refractivity contribution in [3.63, 3.8) is 0 Å². The molecule has 29 heavy (non-hydrogen) atoms. The fourth-order valence-corrected chi connectivity index (χ4v) is 3.77. The number of thioether (sulfide) groups is 1. The van der Waals surface area contributed by atoms with Gasteiger partial charge in [-0.1, -0.05) is 11.8 Å². The summed E-state index contributed by atoms with van der Waals surface area (Å²) < 4.78 is 7.26. The van der Waals surface area contributed by atoms with Crippen molar-refractivity contribution in [3.05, 3.63) is 29.8 Å². The number of nitrogens with zero attached hydrogens (tertiary/aromatic N) is 3. The first-order valence-corrected chi connectivity index (χ1v) is 10.1. The molecule has 0 saturated heterocycles. The van der Waals surface area contributed by atoms with Crippen LogP contribution < -0.4 is 15.4 Å².